The predicted molar refractivity (Wildman–Crippen MR) is 109 cm³/mol. The molecule has 0 saturated heterocycles. The van der Waals surface area contributed by atoms with E-state index in [9.17, 15) is 4.79 Å². The summed E-state index contributed by atoms with van der Waals surface area (Å²) in [6.45, 7) is 6.77. The standard InChI is InChI=1S/C21H26N4O3/c1-5-6-9-28-19-8-7-17(27-4)11-18(19)24-21(26)16-10-15-13-23-25(14(2)3)20(15)22-12-16/h7-8,10-14H,5-6,9H2,1-4H3,(H,24,26). The van der Waals surface area contributed by atoms with Gasteiger partial charge in [0.25, 0.3) is 5.91 Å². The number of ether oxygens (including phenoxy) is 2. The Balaban J connectivity index is 1.84. The number of amides is 1. The third-order valence-corrected chi connectivity index (χ3v) is 4.38. The number of hydrogen-bond acceptors (Lipinski definition) is 5. The van der Waals surface area contributed by atoms with Crippen LogP contribution < -0.4 is 14.8 Å². The molecule has 28 heavy (non-hydrogen) atoms. The monoisotopic (exact) mass is 382 g/mol. The molecule has 7 nitrogen and oxygen atoms in total. The van der Waals surface area contributed by atoms with Gasteiger partial charge in [-0.15, -0.1) is 0 Å². The predicted octanol–water partition coefficient (Wildman–Crippen LogP) is 4.45. The van der Waals surface area contributed by atoms with E-state index in [-0.39, 0.29) is 11.9 Å². The Labute approximate surface area is 164 Å². The zero-order valence-electron chi connectivity index (χ0n) is 16.7. The highest BCUT2D eigenvalue weighted by molar-refractivity contribution is 6.06. The number of methoxy groups -OCH3 is 1. The van der Waals surface area contributed by atoms with Crippen molar-refractivity contribution in [1.29, 1.82) is 0 Å². The van der Waals surface area contributed by atoms with Crippen LogP contribution in [0.3, 0.4) is 0 Å². The van der Waals surface area contributed by atoms with Crippen molar-refractivity contribution in [2.24, 2.45) is 0 Å². The highest BCUT2D eigenvalue weighted by Gasteiger charge is 2.14. The van der Waals surface area contributed by atoms with Gasteiger partial charge in [-0.25, -0.2) is 9.67 Å². The number of nitrogens with one attached hydrogen (secondary N) is 1. The quantitative estimate of drug-likeness (QED) is 0.582. The fourth-order valence-electron chi connectivity index (χ4n) is 2.82. The Morgan fingerprint density at radius 1 is 1.25 bits per heavy atom. The molecule has 2 heterocycles. The topological polar surface area (TPSA) is 78.3 Å². The van der Waals surface area contributed by atoms with E-state index in [4.69, 9.17) is 9.47 Å². The van der Waals surface area contributed by atoms with Crippen molar-refractivity contribution < 1.29 is 14.3 Å². The first-order valence-corrected chi connectivity index (χ1v) is 9.49. The van der Waals surface area contributed by atoms with E-state index in [0.29, 0.717) is 29.4 Å². The molecule has 1 aromatic carbocycles. The van der Waals surface area contributed by atoms with Gasteiger partial charge in [0.05, 0.1) is 31.2 Å². The van der Waals surface area contributed by atoms with Gasteiger partial charge in [0.2, 0.25) is 0 Å². The van der Waals surface area contributed by atoms with Gasteiger partial charge in [-0.05, 0) is 38.5 Å². The summed E-state index contributed by atoms with van der Waals surface area (Å²) in [6.07, 6.45) is 5.27. The van der Waals surface area contributed by atoms with Crippen molar-refractivity contribution >= 4 is 22.6 Å². The lowest BCUT2D eigenvalue weighted by atomic mass is 10.2. The molecular formula is C21H26N4O3. The number of unbranched alkanes of at least 4 members (excludes halogenated alkanes) is 1. The zero-order valence-corrected chi connectivity index (χ0v) is 16.7. The third kappa shape index (κ3) is 4.24. The minimum absolute atomic E-state index is 0.198. The van der Waals surface area contributed by atoms with Crippen LogP contribution in [0.1, 0.15) is 50.0 Å². The maximum absolute atomic E-state index is 12.8. The third-order valence-electron chi connectivity index (χ3n) is 4.38. The van der Waals surface area contributed by atoms with E-state index in [2.05, 4.69) is 22.3 Å². The van der Waals surface area contributed by atoms with Crippen molar-refractivity contribution in [3.8, 4) is 11.5 Å². The molecule has 2 aromatic heterocycles. The molecule has 3 aromatic rings. The number of pyridine rings is 1. The van der Waals surface area contributed by atoms with Crippen LogP contribution in [0.2, 0.25) is 0 Å². The number of benzene rings is 1. The highest BCUT2D eigenvalue weighted by Crippen LogP contribution is 2.30. The number of aromatic nitrogens is 3. The van der Waals surface area contributed by atoms with Crippen LogP contribution in [0.15, 0.2) is 36.7 Å². The average molecular weight is 382 g/mol. The summed E-state index contributed by atoms with van der Waals surface area (Å²) in [7, 11) is 1.59. The number of carbonyl (C=O) groups is 1. The number of anilines is 1. The number of nitrogens with zero attached hydrogens (tertiary/aromatic N) is 3. The SMILES string of the molecule is CCCCOc1ccc(OC)cc1NC(=O)c1cnc2c(cnn2C(C)C)c1. The molecule has 148 valence electrons. The van der Waals surface area contributed by atoms with Crippen LogP contribution in [0.5, 0.6) is 11.5 Å². The first kappa shape index (κ1) is 19.7. The van der Waals surface area contributed by atoms with Crippen molar-refractivity contribution in [1.82, 2.24) is 14.8 Å². The van der Waals surface area contributed by atoms with Gasteiger partial charge >= 0.3 is 0 Å². The summed E-state index contributed by atoms with van der Waals surface area (Å²) in [5.41, 5.74) is 1.79. The normalized spacial score (nSPS) is 11.0. The van der Waals surface area contributed by atoms with Crippen LogP contribution in [-0.4, -0.2) is 34.4 Å². The summed E-state index contributed by atoms with van der Waals surface area (Å²) < 4.78 is 12.9. The van der Waals surface area contributed by atoms with Gasteiger partial charge in [0.15, 0.2) is 5.65 Å². The molecule has 0 aliphatic rings. The minimum atomic E-state index is -0.264. The van der Waals surface area contributed by atoms with Gasteiger partial charge in [0, 0.05) is 23.7 Å². The highest BCUT2D eigenvalue weighted by atomic mass is 16.5. The summed E-state index contributed by atoms with van der Waals surface area (Å²) in [5.74, 6) is 0.995. The van der Waals surface area contributed by atoms with Gasteiger partial charge in [-0.1, -0.05) is 13.3 Å². The van der Waals surface area contributed by atoms with Crippen molar-refractivity contribution in [3.05, 3.63) is 42.2 Å². The lowest BCUT2D eigenvalue weighted by Gasteiger charge is -2.14. The molecule has 7 heteroatoms. The van der Waals surface area contributed by atoms with Gasteiger partial charge in [-0.3, -0.25) is 4.79 Å². The fraction of sp³-hybridized carbons (Fsp3) is 0.381. The van der Waals surface area contributed by atoms with Crippen LogP contribution in [0.25, 0.3) is 11.0 Å². The zero-order chi connectivity index (χ0) is 20.1. The number of fused-ring (bicyclic) bond motifs is 1. The second kappa shape index (κ2) is 8.73. The Hall–Kier alpha value is -3.09. The van der Waals surface area contributed by atoms with E-state index < -0.39 is 0 Å². The van der Waals surface area contributed by atoms with Crippen molar-refractivity contribution in [3.63, 3.8) is 0 Å². The smallest absolute Gasteiger partial charge is 0.257 e. The second-order valence-corrected chi connectivity index (χ2v) is 6.84. The Morgan fingerprint density at radius 2 is 2.07 bits per heavy atom. The van der Waals surface area contributed by atoms with Gasteiger partial charge < -0.3 is 14.8 Å². The first-order chi connectivity index (χ1) is 13.5. The van der Waals surface area contributed by atoms with Crippen LogP contribution in [0.4, 0.5) is 5.69 Å². The molecule has 0 unspecified atom stereocenters. The van der Waals surface area contributed by atoms with Crippen LogP contribution in [-0.2, 0) is 0 Å². The molecule has 0 radical (unpaired) electrons. The van der Waals surface area contributed by atoms with E-state index in [0.717, 1.165) is 23.9 Å². The molecule has 1 amide bonds. The number of hydrogen-bond donors (Lipinski definition) is 1. The van der Waals surface area contributed by atoms with Crippen LogP contribution in [0, 0.1) is 0 Å². The first-order valence-electron chi connectivity index (χ1n) is 9.49. The maximum atomic E-state index is 12.8. The molecular weight excluding hydrogens is 356 g/mol. The van der Waals surface area contributed by atoms with E-state index >= 15 is 0 Å². The minimum Gasteiger partial charge on any atom is -0.497 e. The van der Waals surface area contributed by atoms with Crippen molar-refractivity contribution in [2.75, 3.05) is 19.0 Å². The largest absolute Gasteiger partial charge is 0.497 e. The van der Waals surface area contributed by atoms with Gasteiger partial charge in [-0.2, -0.15) is 5.10 Å². The summed E-state index contributed by atoms with van der Waals surface area (Å²) in [5, 5.41) is 8.08. The summed E-state index contributed by atoms with van der Waals surface area (Å²) >= 11 is 0. The lowest BCUT2D eigenvalue weighted by molar-refractivity contribution is 0.102. The van der Waals surface area contributed by atoms with E-state index in [1.165, 1.54) is 0 Å². The van der Waals surface area contributed by atoms with Gasteiger partial charge in [0.1, 0.15) is 11.5 Å². The molecule has 0 bridgehead atoms. The summed E-state index contributed by atoms with van der Waals surface area (Å²) in [4.78, 5) is 17.2. The molecule has 0 fully saturated rings. The van der Waals surface area contributed by atoms with Crippen molar-refractivity contribution in [2.45, 2.75) is 39.7 Å². The fourth-order valence-corrected chi connectivity index (χ4v) is 2.82. The number of carbonyl (C=O) groups excluding carboxylic acids is 1. The molecule has 0 spiro atoms. The second-order valence-electron chi connectivity index (χ2n) is 6.84. The molecule has 3 rings (SSSR count). The maximum Gasteiger partial charge on any atom is 0.257 e. The Bertz CT molecular complexity index is 965. The van der Waals surface area contributed by atoms with E-state index in [1.54, 1.807) is 37.7 Å². The molecule has 0 aliphatic carbocycles. The Morgan fingerprint density at radius 3 is 2.79 bits per heavy atom. The molecule has 1 N–H and O–H groups in total. The number of rotatable bonds is 8. The Kier molecular flexibility index (Phi) is 6.13. The summed E-state index contributed by atoms with van der Waals surface area (Å²) in [6, 6.07) is 7.36. The lowest BCUT2D eigenvalue weighted by Crippen LogP contribution is -2.14. The molecule has 0 atom stereocenters. The molecule has 0 saturated carbocycles. The van der Waals surface area contributed by atoms with E-state index in [1.807, 2.05) is 24.6 Å². The average Bonchev–Trinajstić information content (AvgIpc) is 3.12. The van der Waals surface area contributed by atoms with Crippen LogP contribution >= 0.6 is 0 Å². The molecule has 0 aliphatic heterocycles.